The van der Waals surface area contributed by atoms with E-state index in [9.17, 15) is 4.79 Å². The molecule has 3 heteroatoms. The van der Waals surface area contributed by atoms with Crippen molar-refractivity contribution in [3.8, 4) is 0 Å². The maximum atomic E-state index is 12.3. The Bertz CT molecular complexity index is 864. The lowest BCUT2D eigenvalue weighted by atomic mass is 9.91. The smallest absolute Gasteiger partial charge is 0.251 e. The van der Waals surface area contributed by atoms with Gasteiger partial charge in [0.05, 0.1) is 0 Å². The molecule has 1 aromatic heterocycles. The quantitative estimate of drug-likeness (QED) is 0.744. The van der Waals surface area contributed by atoms with Crippen molar-refractivity contribution in [2.24, 2.45) is 0 Å². The standard InChI is InChI=1S/C20H20N2O/c1-13-7-10-18-17(11-13)16-9-8-15(12-19(16)22-18)21-20(23)14-5-3-2-4-6-14/h2-7,10-11,15,22H,8-9,12H2,1H3,(H,21,23). The molecule has 0 fully saturated rings. The summed E-state index contributed by atoms with van der Waals surface area (Å²) in [7, 11) is 0. The molecular weight excluding hydrogens is 284 g/mol. The minimum atomic E-state index is 0.0194. The van der Waals surface area contributed by atoms with Gasteiger partial charge in [-0.2, -0.15) is 0 Å². The van der Waals surface area contributed by atoms with Gasteiger partial charge in [0.2, 0.25) is 0 Å². The number of fused-ring (bicyclic) bond motifs is 3. The molecule has 1 atom stereocenters. The highest BCUT2D eigenvalue weighted by atomic mass is 16.1. The topological polar surface area (TPSA) is 44.9 Å². The third-order valence-corrected chi connectivity index (χ3v) is 4.71. The van der Waals surface area contributed by atoms with Gasteiger partial charge in [-0.3, -0.25) is 4.79 Å². The first-order valence-electron chi connectivity index (χ1n) is 8.17. The van der Waals surface area contributed by atoms with Crippen LogP contribution in [0.25, 0.3) is 10.9 Å². The Hall–Kier alpha value is -2.55. The lowest BCUT2D eigenvalue weighted by molar-refractivity contribution is 0.0933. The van der Waals surface area contributed by atoms with Gasteiger partial charge in [-0.15, -0.1) is 0 Å². The summed E-state index contributed by atoms with van der Waals surface area (Å²) in [5.41, 5.74) is 5.92. The van der Waals surface area contributed by atoms with Crippen LogP contribution < -0.4 is 5.32 Å². The molecule has 0 saturated heterocycles. The molecule has 0 radical (unpaired) electrons. The van der Waals surface area contributed by atoms with Gasteiger partial charge in [0.25, 0.3) is 5.91 Å². The van der Waals surface area contributed by atoms with E-state index in [1.807, 2.05) is 30.3 Å². The van der Waals surface area contributed by atoms with E-state index in [1.165, 1.54) is 27.7 Å². The molecule has 2 aromatic carbocycles. The lowest BCUT2D eigenvalue weighted by Crippen LogP contribution is -2.38. The van der Waals surface area contributed by atoms with Crippen LogP contribution in [0.4, 0.5) is 0 Å². The Balaban J connectivity index is 1.55. The summed E-state index contributed by atoms with van der Waals surface area (Å²) in [6.45, 7) is 2.13. The molecule has 1 aliphatic rings. The Kier molecular flexibility index (Phi) is 3.41. The monoisotopic (exact) mass is 304 g/mol. The van der Waals surface area contributed by atoms with Gasteiger partial charge in [0, 0.05) is 34.6 Å². The van der Waals surface area contributed by atoms with Crippen LogP contribution in [-0.2, 0) is 12.8 Å². The molecule has 0 saturated carbocycles. The molecule has 4 rings (SSSR count). The molecule has 0 bridgehead atoms. The first-order valence-corrected chi connectivity index (χ1v) is 8.17. The van der Waals surface area contributed by atoms with E-state index < -0.39 is 0 Å². The minimum absolute atomic E-state index is 0.0194. The molecule has 2 N–H and O–H groups in total. The number of H-pyrrole nitrogens is 1. The summed E-state index contributed by atoms with van der Waals surface area (Å²) in [5.74, 6) is 0.0194. The van der Waals surface area contributed by atoms with E-state index in [4.69, 9.17) is 0 Å². The fraction of sp³-hybridized carbons (Fsp3) is 0.250. The van der Waals surface area contributed by atoms with E-state index in [-0.39, 0.29) is 11.9 Å². The molecule has 0 spiro atoms. The fourth-order valence-corrected chi connectivity index (χ4v) is 3.53. The van der Waals surface area contributed by atoms with Crippen LogP contribution in [-0.4, -0.2) is 16.9 Å². The molecule has 116 valence electrons. The SMILES string of the molecule is Cc1ccc2[nH]c3c(c2c1)CCC(NC(=O)c1ccccc1)C3. The average molecular weight is 304 g/mol. The number of rotatable bonds is 2. The van der Waals surface area contributed by atoms with Crippen molar-refractivity contribution in [3.05, 3.63) is 70.9 Å². The summed E-state index contributed by atoms with van der Waals surface area (Å²) in [6.07, 6.45) is 2.88. The molecule has 1 heterocycles. The number of nitrogens with one attached hydrogen (secondary N) is 2. The van der Waals surface area contributed by atoms with Crippen LogP contribution in [0.3, 0.4) is 0 Å². The van der Waals surface area contributed by atoms with Crippen molar-refractivity contribution in [2.75, 3.05) is 0 Å². The zero-order valence-corrected chi connectivity index (χ0v) is 13.2. The van der Waals surface area contributed by atoms with Gasteiger partial charge in [0.1, 0.15) is 0 Å². The number of carbonyl (C=O) groups is 1. The van der Waals surface area contributed by atoms with E-state index in [0.29, 0.717) is 0 Å². The summed E-state index contributed by atoms with van der Waals surface area (Å²) in [4.78, 5) is 15.9. The maximum absolute atomic E-state index is 12.3. The van der Waals surface area contributed by atoms with Crippen molar-refractivity contribution in [3.63, 3.8) is 0 Å². The van der Waals surface area contributed by atoms with E-state index >= 15 is 0 Å². The van der Waals surface area contributed by atoms with Crippen LogP contribution in [0.15, 0.2) is 48.5 Å². The average Bonchev–Trinajstić information content (AvgIpc) is 2.92. The van der Waals surface area contributed by atoms with Crippen LogP contribution >= 0.6 is 0 Å². The van der Waals surface area contributed by atoms with Crippen molar-refractivity contribution >= 4 is 16.8 Å². The molecule has 3 aromatic rings. The predicted molar refractivity (Wildman–Crippen MR) is 92.8 cm³/mol. The number of hydrogen-bond acceptors (Lipinski definition) is 1. The molecule has 23 heavy (non-hydrogen) atoms. The number of amides is 1. The van der Waals surface area contributed by atoms with Crippen LogP contribution in [0, 0.1) is 6.92 Å². The second kappa shape index (κ2) is 5.58. The first kappa shape index (κ1) is 14.1. The zero-order valence-electron chi connectivity index (χ0n) is 13.2. The van der Waals surface area contributed by atoms with Crippen molar-refractivity contribution < 1.29 is 4.79 Å². The molecule has 1 amide bonds. The van der Waals surface area contributed by atoms with E-state index in [1.54, 1.807) is 0 Å². The third-order valence-electron chi connectivity index (χ3n) is 4.71. The number of aryl methyl sites for hydroxylation is 2. The Morgan fingerprint density at radius 1 is 1.17 bits per heavy atom. The Morgan fingerprint density at radius 2 is 2.00 bits per heavy atom. The van der Waals surface area contributed by atoms with Crippen molar-refractivity contribution in [1.82, 2.24) is 10.3 Å². The van der Waals surface area contributed by atoms with Gasteiger partial charge in [-0.1, -0.05) is 29.8 Å². The van der Waals surface area contributed by atoms with Crippen molar-refractivity contribution in [1.29, 1.82) is 0 Å². The number of benzene rings is 2. The largest absolute Gasteiger partial charge is 0.358 e. The van der Waals surface area contributed by atoms with Crippen LogP contribution in [0.1, 0.15) is 33.6 Å². The van der Waals surface area contributed by atoms with Gasteiger partial charge in [-0.25, -0.2) is 0 Å². The number of hydrogen-bond donors (Lipinski definition) is 2. The van der Waals surface area contributed by atoms with Crippen molar-refractivity contribution in [2.45, 2.75) is 32.2 Å². The van der Waals surface area contributed by atoms with Gasteiger partial charge < -0.3 is 10.3 Å². The van der Waals surface area contributed by atoms with Gasteiger partial charge in [-0.05, 0) is 49.6 Å². The summed E-state index contributed by atoms with van der Waals surface area (Å²) >= 11 is 0. The molecule has 3 nitrogen and oxygen atoms in total. The third kappa shape index (κ3) is 2.63. The normalized spacial score (nSPS) is 17.0. The highest BCUT2D eigenvalue weighted by Crippen LogP contribution is 2.29. The summed E-state index contributed by atoms with van der Waals surface area (Å²) < 4.78 is 0. The van der Waals surface area contributed by atoms with Crippen LogP contribution in [0.5, 0.6) is 0 Å². The highest BCUT2D eigenvalue weighted by Gasteiger charge is 2.23. The first-order chi connectivity index (χ1) is 11.2. The fourth-order valence-electron chi connectivity index (χ4n) is 3.53. The zero-order chi connectivity index (χ0) is 15.8. The molecular formula is C20H20N2O. The molecule has 1 unspecified atom stereocenters. The van der Waals surface area contributed by atoms with Crippen LogP contribution in [0.2, 0.25) is 0 Å². The highest BCUT2D eigenvalue weighted by molar-refractivity contribution is 5.94. The summed E-state index contributed by atoms with van der Waals surface area (Å²) in [6, 6.07) is 16.2. The second-order valence-corrected chi connectivity index (χ2v) is 6.41. The molecule has 1 aliphatic carbocycles. The second-order valence-electron chi connectivity index (χ2n) is 6.41. The molecule has 0 aliphatic heterocycles. The minimum Gasteiger partial charge on any atom is -0.358 e. The van der Waals surface area contributed by atoms with E-state index in [0.717, 1.165) is 24.8 Å². The Morgan fingerprint density at radius 3 is 2.83 bits per heavy atom. The number of carbonyl (C=O) groups excluding carboxylic acids is 1. The number of aromatic nitrogens is 1. The summed E-state index contributed by atoms with van der Waals surface area (Å²) in [5, 5.41) is 4.51. The van der Waals surface area contributed by atoms with Gasteiger partial charge in [0.15, 0.2) is 0 Å². The lowest BCUT2D eigenvalue weighted by Gasteiger charge is -2.23. The number of aromatic amines is 1. The van der Waals surface area contributed by atoms with E-state index in [2.05, 4.69) is 35.4 Å². The Labute approximate surface area is 135 Å². The van der Waals surface area contributed by atoms with Gasteiger partial charge >= 0.3 is 0 Å². The maximum Gasteiger partial charge on any atom is 0.251 e. The predicted octanol–water partition coefficient (Wildman–Crippen LogP) is 3.76.